The summed E-state index contributed by atoms with van der Waals surface area (Å²) in [5.74, 6) is 0. The van der Waals surface area contributed by atoms with Crippen LogP contribution in [0.4, 0.5) is 0 Å². The van der Waals surface area contributed by atoms with E-state index < -0.39 is 0 Å². The molecular weight excluding hydrogens is 206 g/mol. The Morgan fingerprint density at radius 1 is 1.56 bits per heavy atom. The minimum atomic E-state index is -0.164. The zero-order chi connectivity index (χ0) is 11.7. The molecule has 0 radical (unpaired) electrons. The molecule has 16 heavy (non-hydrogen) atoms. The molecule has 0 unspecified atom stereocenters. The topological polar surface area (TPSA) is 70.4 Å². The first-order valence-electron chi connectivity index (χ1n) is 5.38. The molecule has 0 saturated carbocycles. The lowest BCUT2D eigenvalue weighted by Crippen LogP contribution is -2.14. The minimum absolute atomic E-state index is 0.136. The molecular formula is C11H15N3O2. The van der Waals surface area contributed by atoms with E-state index in [1.54, 1.807) is 0 Å². The van der Waals surface area contributed by atoms with Crippen LogP contribution in [0.15, 0.2) is 10.9 Å². The monoisotopic (exact) mass is 221 g/mol. The van der Waals surface area contributed by atoms with Crippen LogP contribution >= 0.6 is 0 Å². The lowest BCUT2D eigenvalue weighted by molar-refractivity contribution is 0.275. The Kier molecular flexibility index (Phi) is 2.78. The molecule has 0 atom stereocenters. The second-order valence-electron chi connectivity index (χ2n) is 3.88. The number of aryl methyl sites for hydroxylation is 2. The van der Waals surface area contributed by atoms with Crippen LogP contribution in [-0.2, 0) is 13.0 Å². The van der Waals surface area contributed by atoms with Gasteiger partial charge in [-0.05, 0) is 13.3 Å². The molecule has 5 heteroatoms. The fourth-order valence-corrected chi connectivity index (χ4v) is 1.89. The highest BCUT2D eigenvalue weighted by Crippen LogP contribution is 2.15. The first-order chi connectivity index (χ1) is 7.67. The number of nitrogens with one attached hydrogen (secondary N) is 1. The zero-order valence-electron chi connectivity index (χ0n) is 9.45. The number of nitrogens with zero attached hydrogens (tertiary/aromatic N) is 2. The summed E-state index contributed by atoms with van der Waals surface area (Å²) in [6, 6.07) is 1.50. The van der Waals surface area contributed by atoms with Crippen molar-refractivity contribution in [2.24, 2.45) is 0 Å². The van der Waals surface area contributed by atoms with Gasteiger partial charge in [-0.1, -0.05) is 13.3 Å². The summed E-state index contributed by atoms with van der Waals surface area (Å²) in [6.45, 7) is 3.75. The zero-order valence-corrected chi connectivity index (χ0v) is 9.45. The van der Waals surface area contributed by atoms with Crippen molar-refractivity contribution in [1.82, 2.24) is 14.6 Å². The van der Waals surface area contributed by atoms with Gasteiger partial charge < -0.3 is 10.1 Å². The number of hydrogen-bond acceptors (Lipinski definition) is 3. The van der Waals surface area contributed by atoms with Crippen LogP contribution in [0.3, 0.4) is 0 Å². The first kappa shape index (κ1) is 10.9. The van der Waals surface area contributed by atoms with Crippen LogP contribution < -0.4 is 5.56 Å². The van der Waals surface area contributed by atoms with E-state index in [1.165, 1.54) is 10.6 Å². The third-order valence-electron chi connectivity index (χ3n) is 2.58. The molecule has 2 aromatic heterocycles. The lowest BCUT2D eigenvalue weighted by atomic mass is 10.1. The van der Waals surface area contributed by atoms with Crippen molar-refractivity contribution in [3.8, 4) is 0 Å². The van der Waals surface area contributed by atoms with Gasteiger partial charge in [0.05, 0.1) is 12.3 Å². The molecule has 2 heterocycles. The van der Waals surface area contributed by atoms with Crippen molar-refractivity contribution >= 4 is 5.65 Å². The van der Waals surface area contributed by atoms with E-state index in [4.69, 9.17) is 0 Å². The van der Waals surface area contributed by atoms with Crippen LogP contribution in [0.1, 0.15) is 30.3 Å². The van der Waals surface area contributed by atoms with E-state index >= 15 is 0 Å². The highest BCUT2D eigenvalue weighted by atomic mass is 16.3. The summed E-state index contributed by atoms with van der Waals surface area (Å²) >= 11 is 0. The maximum atomic E-state index is 11.7. The highest BCUT2D eigenvalue weighted by molar-refractivity contribution is 5.50. The summed E-state index contributed by atoms with van der Waals surface area (Å²) in [4.78, 5) is 14.8. The molecule has 0 spiro atoms. The van der Waals surface area contributed by atoms with Gasteiger partial charge >= 0.3 is 0 Å². The summed E-state index contributed by atoms with van der Waals surface area (Å²) in [5.41, 5.74) is 2.87. The van der Waals surface area contributed by atoms with Gasteiger partial charge in [0.15, 0.2) is 0 Å². The minimum Gasteiger partial charge on any atom is -0.390 e. The van der Waals surface area contributed by atoms with Gasteiger partial charge in [-0.25, -0.2) is 0 Å². The maximum absolute atomic E-state index is 11.7. The fourth-order valence-electron chi connectivity index (χ4n) is 1.89. The number of aliphatic hydroxyl groups is 1. The molecule has 2 aromatic rings. The van der Waals surface area contributed by atoms with Gasteiger partial charge in [0, 0.05) is 17.3 Å². The van der Waals surface area contributed by atoms with Crippen molar-refractivity contribution in [3.05, 3.63) is 33.4 Å². The number of H-pyrrole nitrogens is 1. The predicted octanol–water partition coefficient (Wildman–Crippen LogP) is 0.776. The maximum Gasteiger partial charge on any atom is 0.274 e. The first-order valence-corrected chi connectivity index (χ1v) is 5.38. The van der Waals surface area contributed by atoms with Crippen LogP contribution in [0.5, 0.6) is 0 Å². The third kappa shape index (κ3) is 1.63. The molecule has 2 rings (SSSR count). The Hall–Kier alpha value is -1.62. The molecule has 0 aliphatic heterocycles. The Bertz CT molecular complexity index is 568. The molecule has 0 fully saturated rings. The molecule has 5 nitrogen and oxygen atoms in total. The molecule has 0 bridgehead atoms. The Balaban J connectivity index is 2.78. The smallest absolute Gasteiger partial charge is 0.274 e. The number of hydrogen-bond donors (Lipinski definition) is 2. The number of aromatic nitrogens is 3. The van der Waals surface area contributed by atoms with Gasteiger partial charge in [0.1, 0.15) is 5.65 Å². The molecule has 0 amide bonds. The standard InChI is InChI=1S/C11H15N3O2/c1-3-4-8-9(6-15)13-14-10(16)5-7(2)12-11(8)14/h5,12,15H,3-4,6H2,1-2H3. The van der Waals surface area contributed by atoms with Crippen molar-refractivity contribution in [2.45, 2.75) is 33.3 Å². The van der Waals surface area contributed by atoms with Crippen molar-refractivity contribution in [2.75, 3.05) is 0 Å². The van der Waals surface area contributed by atoms with Gasteiger partial charge in [-0.2, -0.15) is 9.61 Å². The van der Waals surface area contributed by atoms with E-state index in [-0.39, 0.29) is 12.2 Å². The van der Waals surface area contributed by atoms with E-state index in [2.05, 4.69) is 17.0 Å². The Morgan fingerprint density at radius 3 is 2.94 bits per heavy atom. The average molecular weight is 221 g/mol. The number of aromatic amines is 1. The third-order valence-corrected chi connectivity index (χ3v) is 2.58. The number of rotatable bonds is 3. The molecule has 0 saturated heterocycles. The highest BCUT2D eigenvalue weighted by Gasteiger charge is 2.13. The quantitative estimate of drug-likeness (QED) is 0.804. The summed E-state index contributed by atoms with van der Waals surface area (Å²) in [7, 11) is 0. The summed E-state index contributed by atoms with van der Waals surface area (Å²) in [6.07, 6.45) is 1.75. The van der Waals surface area contributed by atoms with Gasteiger partial charge in [0.2, 0.25) is 0 Å². The van der Waals surface area contributed by atoms with Crippen LogP contribution in [0.2, 0.25) is 0 Å². The summed E-state index contributed by atoms with van der Waals surface area (Å²) in [5, 5.41) is 13.3. The second-order valence-corrected chi connectivity index (χ2v) is 3.88. The van der Waals surface area contributed by atoms with Crippen molar-refractivity contribution in [1.29, 1.82) is 0 Å². The van der Waals surface area contributed by atoms with E-state index in [1.807, 2.05) is 6.92 Å². The lowest BCUT2D eigenvalue weighted by Gasteiger charge is -1.99. The number of aliphatic hydroxyl groups excluding tert-OH is 1. The van der Waals surface area contributed by atoms with Crippen molar-refractivity contribution in [3.63, 3.8) is 0 Å². The van der Waals surface area contributed by atoms with E-state index in [0.29, 0.717) is 11.3 Å². The van der Waals surface area contributed by atoms with E-state index in [9.17, 15) is 9.90 Å². The predicted molar refractivity (Wildman–Crippen MR) is 60.5 cm³/mol. The molecule has 0 aliphatic carbocycles. The van der Waals surface area contributed by atoms with Gasteiger partial charge in [0.25, 0.3) is 5.56 Å². The fraction of sp³-hybridized carbons (Fsp3) is 0.455. The van der Waals surface area contributed by atoms with Crippen molar-refractivity contribution < 1.29 is 5.11 Å². The van der Waals surface area contributed by atoms with Gasteiger partial charge in [-0.15, -0.1) is 0 Å². The molecule has 86 valence electrons. The average Bonchev–Trinajstić information content (AvgIpc) is 2.58. The SMILES string of the molecule is CCCc1c(CO)nn2c(=O)cc(C)[nH]c12. The van der Waals surface area contributed by atoms with E-state index in [0.717, 1.165) is 24.1 Å². The van der Waals surface area contributed by atoms with Crippen LogP contribution in [0.25, 0.3) is 5.65 Å². The Labute approximate surface area is 92.7 Å². The largest absolute Gasteiger partial charge is 0.390 e. The molecule has 2 N–H and O–H groups in total. The second kappa shape index (κ2) is 4.09. The Morgan fingerprint density at radius 2 is 2.31 bits per heavy atom. The molecule has 0 aromatic carbocycles. The molecule has 0 aliphatic rings. The van der Waals surface area contributed by atoms with Gasteiger partial charge in [-0.3, -0.25) is 4.79 Å². The summed E-state index contributed by atoms with van der Waals surface area (Å²) < 4.78 is 1.32. The normalized spacial score (nSPS) is 11.2. The number of fused-ring (bicyclic) bond motifs is 1. The van der Waals surface area contributed by atoms with Crippen LogP contribution in [0, 0.1) is 6.92 Å². The van der Waals surface area contributed by atoms with Crippen LogP contribution in [-0.4, -0.2) is 19.7 Å².